The fourth-order valence-corrected chi connectivity index (χ4v) is 3.35. The van der Waals surface area contributed by atoms with Gasteiger partial charge in [0, 0.05) is 12.7 Å². The lowest BCUT2D eigenvalue weighted by molar-refractivity contribution is 0.293. The molecule has 1 aliphatic carbocycles. The third kappa shape index (κ3) is 2.91. The van der Waals surface area contributed by atoms with Crippen molar-refractivity contribution < 1.29 is 0 Å². The quantitative estimate of drug-likeness (QED) is 0.936. The minimum Gasteiger partial charge on any atom is -0.353 e. The van der Waals surface area contributed by atoms with Gasteiger partial charge in [-0.3, -0.25) is 0 Å². The number of halogens is 1. The number of hydrogen-bond donors (Lipinski definition) is 1. The van der Waals surface area contributed by atoms with Gasteiger partial charge in [-0.15, -0.1) is 5.10 Å². The molecule has 0 spiro atoms. The Hall–Kier alpha value is -1.10. The van der Waals surface area contributed by atoms with Crippen molar-refractivity contribution in [1.29, 1.82) is 0 Å². The van der Waals surface area contributed by atoms with Gasteiger partial charge in [0.2, 0.25) is 5.95 Å². The molecule has 0 radical (unpaired) electrons. The average Bonchev–Trinajstić information content (AvgIpc) is 2.81. The number of fused-ring (bicyclic) bond motifs is 1. The predicted octanol–water partition coefficient (Wildman–Crippen LogP) is 3.73. The number of pyridine rings is 1. The lowest BCUT2D eigenvalue weighted by atomic mass is 9.82. The van der Waals surface area contributed by atoms with Crippen LogP contribution in [0.5, 0.6) is 0 Å². The fraction of sp³-hybridized carbons (Fsp3) is 0.571. The van der Waals surface area contributed by atoms with E-state index in [0.29, 0.717) is 0 Å². The molecular weight excluding hydrogens is 304 g/mol. The van der Waals surface area contributed by atoms with E-state index < -0.39 is 0 Å². The summed E-state index contributed by atoms with van der Waals surface area (Å²) in [6.07, 6.45) is 7.31. The molecule has 1 saturated carbocycles. The van der Waals surface area contributed by atoms with Crippen LogP contribution in [-0.4, -0.2) is 21.1 Å². The highest BCUT2D eigenvalue weighted by Gasteiger charge is 2.19. The Balaban J connectivity index is 1.66. The molecule has 1 fully saturated rings. The first-order valence-electron chi connectivity index (χ1n) is 6.97. The van der Waals surface area contributed by atoms with Crippen LogP contribution in [0.15, 0.2) is 22.8 Å². The third-order valence-electron chi connectivity index (χ3n) is 3.91. The van der Waals surface area contributed by atoms with Crippen LogP contribution in [0.4, 0.5) is 5.95 Å². The van der Waals surface area contributed by atoms with Crippen molar-refractivity contribution in [3.63, 3.8) is 0 Å². The lowest BCUT2D eigenvalue weighted by Crippen LogP contribution is -2.21. The van der Waals surface area contributed by atoms with Gasteiger partial charge in [-0.2, -0.15) is 4.98 Å². The van der Waals surface area contributed by atoms with Crippen molar-refractivity contribution >= 4 is 27.5 Å². The Bertz CT molecular complexity index is 566. The zero-order valence-corrected chi connectivity index (χ0v) is 12.7. The van der Waals surface area contributed by atoms with E-state index in [9.17, 15) is 0 Å². The Kier molecular flexibility index (Phi) is 3.73. The van der Waals surface area contributed by atoms with Crippen molar-refractivity contribution in [3.8, 4) is 0 Å². The SMILES string of the molecule is CC1CCCC(CNc2nc3c(Br)cccn3n2)C1. The van der Waals surface area contributed by atoms with Crippen LogP contribution in [0, 0.1) is 11.8 Å². The number of hydrogen-bond acceptors (Lipinski definition) is 3. The molecule has 1 aliphatic rings. The minimum absolute atomic E-state index is 0.727. The van der Waals surface area contributed by atoms with Crippen LogP contribution in [-0.2, 0) is 0 Å². The predicted molar refractivity (Wildman–Crippen MR) is 80.3 cm³/mol. The molecule has 0 aromatic carbocycles. The van der Waals surface area contributed by atoms with Crippen LogP contribution >= 0.6 is 15.9 Å². The summed E-state index contributed by atoms with van der Waals surface area (Å²) >= 11 is 3.49. The second-order valence-corrected chi connectivity index (χ2v) is 6.43. The second-order valence-electron chi connectivity index (χ2n) is 5.58. The van der Waals surface area contributed by atoms with Crippen LogP contribution < -0.4 is 5.32 Å². The molecule has 0 aliphatic heterocycles. The maximum absolute atomic E-state index is 4.51. The van der Waals surface area contributed by atoms with E-state index in [-0.39, 0.29) is 0 Å². The van der Waals surface area contributed by atoms with Crippen LogP contribution in [0.25, 0.3) is 5.65 Å². The van der Waals surface area contributed by atoms with Crippen molar-refractivity contribution in [2.45, 2.75) is 32.6 Å². The summed E-state index contributed by atoms with van der Waals surface area (Å²) in [5.41, 5.74) is 0.863. The highest BCUT2D eigenvalue weighted by molar-refractivity contribution is 9.10. The van der Waals surface area contributed by atoms with Crippen LogP contribution in [0.1, 0.15) is 32.6 Å². The first-order valence-corrected chi connectivity index (χ1v) is 7.76. The van der Waals surface area contributed by atoms with E-state index >= 15 is 0 Å². The largest absolute Gasteiger partial charge is 0.353 e. The molecule has 3 rings (SSSR count). The number of nitrogens with one attached hydrogen (secondary N) is 1. The molecular formula is C14H19BrN4. The molecule has 0 amide bonds. The Morgan fingerprint density at radius 2 is 2.37 bits per heavy atom. The van der Waals surface area contributed by atoms with Crippen molar-refractivity contribution in [3.05, 3.63) is 22.8 Å². The van der Waals surface area contributed by atoms with E-state index in [1.165, 1.54) is 25.7 Å². The van der Waals surface area contributed by atoms with Gasteiger partial charge in [-0.1, -0.05) is 19.8 Å². The second kappa shape index (κ2) is 5.49. The topological polar surface area (TPSA) is 42.2 Å². The first-order chi connectivity index (χ1) is 9.22. The van der Waals surface area contributed by atoms with E-state index in [1.807, 2.05) is 18.3 Å². The summed E-state index contributed by atoms with van der Waals surface area (Å²) < 4.78 is 2.78. The molecule has 1 N–H and O–H groups in total. The molecule has 2 atom stereocenters. The maximum atomic E-state index is 4.51. The lowest BCUT2D eigenvalue weighted by Gasteiger charge is -2.26. The molecule has 2 aromatic rings. The van der Waals surface area contributed by atoms with Crippen LogP contribution in [0.3, 0.4) is 0 Å². The number of anilines is 1. The molecule has 2 aromatic heterocycles. The summed E-state index contributed by atoms with van der Waals surface area (Å²) in [6, 6.07) is 3.94. The van der Waals surface area contributed by atoms with Crippen LogP contribution in [0.2, 0.25) is 0 Å². The summed E-state index contributed by atoms with van der Waals surface area (Å²) in [5.74, 6) is 2.35. The van der Waals surface area contributed by atoms with E-state index in [4.69, 9.17) is 0 Å². The van der Waals surface area contributed by atoms with E-state index in [2.05, 4.69) is 38.3 Å². The summed E-state index contributed by atoms with van der Waals surface area (Å²) in [6.45, 7) is 3.34. The summed E-state index contributed by atoms with van der Waals surface area (Å²) in [7, 11) is 0. The van der Waals surface area contributed by atoms with Gasteiger partial charge in [-0.05, 0) is 52.7 Å². The van der Waals surface area contributed by atoms with E-state index in [1.54, 1.807) is 4.52 Å². The summed E-state index contributed by atoms with van der Waals surface area (Å²) in [4.78, 5) is 4.51. The van der Waals surface area contributed by atoms with Gasteiger partial charge in [0.1, 0.15) is 0 Å². The highest BCUT2D eigenvalue weighted by atomic mass is 79.9. The van der Waals surface area contributed by atoms with Gasteiger partial charge in [0.25, 0.3) is 0 Å². The Morgan fingerprint density at radius 1 is 1.47 bits per heavy atom. The molecule has 19 heavy (non-hydrogen) atoms. The molecule has 0 bridgehead atoms. The zero-order chi connectivity index (χ0) is 13.2. The van der Waals surface area contributed by atoms with Crippen molar-refractivity contribution in [2.75, 3.05) is 11.9 Å². The monoisotopic (exact) mass is 322 g/mol. The molecule has 4 nitrogen and oxygen atoms in total. The van der Waals surface area contributed by atoms with Gasteiger partial charge in [0.05, 0.1) is 4.47 Å². The highest BCUT2D eigenvalue weighted by Crippen LogP contribution is 2.28. The van der Waals surface area contributed by atoms with Gasteiger partial charge in [-0.25, -0.2) is 4.52 Å². The molecule has 2 heterocycles. The minimum atomic E-state index is 0.727. The summed E-state index contributed by atoms with van der Waals surface area (Å²) in [5, 5.41) is 7.83. The molecule has 102 valence electrons. The molecule has 2 unspecified atom stereocenters. The maximum Gasteiger partial charge on any atom is 0.243 e. The Morgan fingerprint density at radius 3 is 3.16 bits per heavy atom. The normalized spacial score (nSPS) is 23.7. The first kappa shape index (κ1) is 12.9. The number of aromatic nitrogens is 3. The standard InChI is InChI=1S/C14H19BrN4/c1-10-4-2-5-11(8-10)9-16-14-17-13-12(15)6-3-7-19(13)18-14/h3,6-7,10-11H,2,4-5,8-9H2,1H3,(H,16,18). The smallest absolute Gasteiger partial charge is 0.243 e. The van der Waals surface area contributed by atoms with Gasteiger partial charge >= 0.3 is 0 Å². The zero-order valence-electron chi connectivity index (χ0n) is 11.1. The Labute approximate surface area is 121 Å². The van der Waals surface area contributed by atoms with Gasteiger partial charge < -0.3 is 5.32 Å². The third-order valence-corrected chi connectivity index (χ3v) is 4.53. The fourth-order valence-electron chi connectivity index (χ4n) is 2.93. The number of rotatable bonds is 3. The van der Waals surface area contributed by atoms with Gasteiger partial charge in [0.15, 0.2) is 5.65 Å². The average molecular weight is 323 g/mol. The molecule has 5 heteroatoms. The molecule has 0 saturated heterocycles. The van der Waals surface area contributed by atoms with Crippen molar-refractivity contribution in [1.82, 2.24) is 14.6 Å². The van der Waals surface area contributed by atoms with Crippen molar-refractivity contribution in [2.24, 2.45) is 11.8 Å². The number of nitrogens with zero attached hydrogens (tertiary/aromatic N) is 3. The van der Waals surface area contributed by atoms with E-state index in [0.717, 1.165) is 34.4 Å².